The van der Waals surface area contributed by atoms with E-state index in [1.54, 1.807) is 24.0 Å². The van der Waals surface area contributed by atoms with E-state index in [9.17, 15) is 4.39 Å². The lowest BCUT2D eigenvalue weighted by Crippen LogP contribution is -2.30. The molecular weight excluding hydrogens is 289 g/mol. The standard InChI is InChI=1S/C10H11BrFN5/c1-17-9(5-14-16-17)10(15-13)7-4-6(12)2-3-8(7)11/h2-5,10,15H,13H2,1H3. The molecule has 1 unspecified atom stereocenters. The van der Waals surface area contributed by atoms with Crippen molar-refractivity contribution < 1.29 is 4.39 Å². The molecule has 3 N–H and O–H groups in total. The number of hydrogen-bond donors (Lipinski definition) is 2. The van der Waals surface area contributed by atoms with Gasteiger partial charge in [0.25, 0.3) is 0 Å². The molecule has 2 rings (SSSR count). The number of hydrogen-bond acceptors (Lipinski definition) is 4. The van der Waals surface area contributed by atoms with Crippen LogP contribution in [0.3, 0.4) is 0 Å². The van der Waals surface area contributed by atoms with E-state index in [0.29, 0.717) is 5.56 Å². The molecule has 0 spiro atoms. The van der Waals surface area contributed by atoms with Gasteiger partial charge in [0.15, 0.2) is 0 Å². The molecule has 0 saturated heterocycles. The van der Waals surface area contributed by atoms with Crippen molar-refractivity contribution in [1.29, 1.82) is 0 Å². The normalized spacial score (nSPS) is 12.7. The molecule has 1 aromatic carbocycles. The molecule has 0 aliphatic carbocycles. The van der Waals surface area contributed by atoms with Crippen molar-refractivity contribution >= 4 is 15.9 Å². The highest BCUT2D eigenvalue weighted by Crippen LogP contribution is 2.28. The van der Waals surface area contributed by atoms with Gasteiger partial charge in [0.05, 0.1) is 17.9 Å². The first-order chi connectivity index (χ1) is 8.13. The Morgan fingerprint density at radius 2 is 2.29 bits per heavy atom. The van der Waals surface area contributed by atoms with Gasteiger partial charge in [-0.2, -0.15) is 0 Å². The Hall–Kier alpha value is -1.31. The number of rotatable bonds is 3. The first kappa shape index (κ1) is 12.2. The highest BCUT2D eigenvalue weighted by Gasteiger charge is 2.19. The highest BCUT2D eigenvalue weighted by atomic mass is 79.9. The number of nitrogens with one attached hydrogen (secondary N) is 1. The van der Waals surface area contributed by atoms with Gasteiger partial charge in [-0.3, -0.25) is 10.5 Å². The first-order valence-corrected chi connectivity index (χ1v) is 5.68. The van der Waals surface area contributed by atoms with Crippen LogP contribution in [-0.4, -0.2) is 15.0 Å². The number of benzene rings is 1. The van der Waals surface area contributed by atoms with Crippen LogP contribution in [-0.2, 0) is 7.05 Å². The molecule has 0 aliphatic rings. The minimum absolute atomic E-state index is 0.321. The van der Waals surface area contributed by atoms with Crippen LogP contribution in [0.15, 0.2) is 28.9 Å². The van der Waals surface area contributed by atoms with Crippen LogP contribution in [0.25, 0.3) is 0 Å². The Labute approximate surface area is 106 Å². The maximum absolute atomic E-state index is 13.3. The molecule has 17 heavy (non-hydrogen) atoms. The quantitative estimate of drug-likeness (QED) is 0.661. The molecule has 0 saturated carbocycles. The summed E-state index contributed by atoms with van der Waals surface area (Å²) in [5.74, 6) is 5.20. The monoisotopic (exact) mass is 299 g/mol. The predicted molar refractivity (Wildman–Crippen MR) is 64.3 cm³/mol. The molecule has 0 radical (unpaired) electrons. The third-order valence-corrected chi connectivity index (χ3v) is 3.20. The third kappa shape index (κ3) is 2.36. The maximum atomic E-state index is 13.3. The smallest absolute Gasteiger partial charge is 0.123 e. The van der Waals surface area contributed by atoms with Crippen molar-refractivity contribution in [3.63, 3.8) is 0 Å². The predicted octanol–water partition coefficient (Wildman–Crippen LogP) is 1.27. The van der Waals surface area contributed by atoms with Crippen LogP contribution in [0.5, 0.6) is 0 Å². The number of aromatic nitrogens is 3. The second-order valence-corrected chi connectivity index (χ2v) is 4.40. The van der Waals surface area contributed by atoms with E-state index in [0.717, 1.165) is 10.2 Å². The minimum Gasteiger partial charge on any atom is -0.271 e. The van der Waals surface area contributed by atoms with Crippen LogP contribution in [0.1, 0.15) is 17.3 Å². The third-order valence-electron chi connectivity index (χ3n) is 2.48. The second-order valence-electron chi connectivity index (χ2n) is 3.55. The SMILES string of the molecule is Cn1nncc1C(NN)c1cc(F)ccc1Br. The molecule has 1 atom stereocenters. The van der Waals surface area contributed by atoms with Gasteiger partial charge in [0.2, 0.25) is 0 Å². The lowest BCUT2D eigenvalue weighted by molar-refractivity contribution is 0.561. The summed E-state index contributed by atoms with van der Waals surface area (Å²) >= 11 is 3.37. The fourth-order valence-electron chi connectivity index (χ4n) is 1.63. The van der Waals surface area contributed by atoms with Gasteiger partial charge in [-0.1, -0.05) is 21.1 Å². The summed E-state index contributed by atoms with van der Waals surface area (Å²) in [4.78, 5) is 0. The topological polar surface area (TPSA) is 68.8 Å². The lowest BCUT2D eigenvalue weighted by atomic mass is 10.0. The summed E-state index contributed by atoms with van der Waals surface area (Å²) in [5, 5.41) is 7.60. The summed E-state index contributed by atoms with van der Waals surface area (Å²) in [6, 6.07) is 4.06. The molecule has 2 aromatic rings. The summed E-state index contributed by atoms with van der Waals surface area (Å²) < 4.78 is 15.6. The maximum Gasteiger partial charge on any atom is 0.123 e. The number of hydrazine groups is 1. The number of aryl methyl sites for hydroxylation is 1. The summed E-state index contributed by atoms with van der Waals surface area (Å²) in [5.41, 5.74) is 4.07. The first-order valence-electron chi connectivity index (χ1n) is 4.89. The summed E-state index contributed by atoms with van der Waals surface area (Å²) in [7, 11) is 1.75. The van der Waals surface area contributed by atoms with Gasteiger partial charge in [-0.05, 0) is 23.8 Å². The van der Waals surface area contributed by atoms with Crippen molar-refractivity contribution in [1.82, 2.24) is 20.4 Å². The molecule has 0 bridgehead atoms. The zero-order chi connectivity index (χ0) is 12.4. The van der Waals surface area contributed by atoms with Crippen LogP contribution in [0.2, 0.25) is 0 Å². The fraction of sp³-hybridized carbons (Fsp3) is 0.200. The molecule has 7 heteroatoms. The molecular formula is C10H11BrFN5. The Morgan fingerprint density at radius 1 is 1.53 bits per heavy atom. The average Bonchev–Trinajstić information content (AvgIpc) is 2.71. The Kier molecular flexibility index (Phi) is 3.51. The van der Waals surface area contributed by atoms with E-state index in [4.69, 9.17) is 5.84 Å². The largest absolute Gasteiger partial charge is 0.271 e. The Bertz CT molecular complexity index is 527. The molecule has 5 nitrogen and oxygen atoms in total. The molecule has 1 aromatic heterocycles. The Balaban J connectivity index is 2.49. The van der Waals surface area contributed by atoms with E-state index >= 15 is 0 Å². The summed E-state index contributed by atoms with van der Waals surface area (Å²) in [6.45, 7) is 0. The number of halogens is 2. The van der Waals surface area contributed by atoms with Crippen LogP contribution < -0.4 is 11.3 Å². The number of nitrogens with two attached hydrogens (primary N) is 1. The Morgan fingerprint density at radius 3 is 2.88 bits per heavy atom. The van der Waals surface area contributed by atoms with Crippen molar-refractivity contribution in [2.45, 2.75) is 6.04 Å². The molecule has 0 aliphatic heterocycles. The van der Waals surface area contributed by atoms with Crippen molar-refractivity contribution in [2.75, 3.05) is 0 Å². The van der Waals surface area contributed by atoms with Gasteiger partial charge < -0.3 is 0 Å². The van der Waals surface area contributed by atoms with Crippen molar-refractivity contribution in [2.24, 2.45) is 12.9 Å². The molecule has 0 fully saturated rings. The molecule has 1 heterocycles. The molecule has 90 valence electrons. The zero-order valence-corrected chi connectivity index (χ0v) is 10.6. The van der Waals surface area contributed by atoms with Crippen molar-refractivity contribution in [3.8, 4) is 0 Å². The van der Waals surface area contributed by atoms with Gasteiger partial charge in [0.1, 0.15) is 5.82 Å². The van der Waals surface area contributed by atoms with Gasteiger partial charge in [-0.25, -0.2) is 9.82 Å². The van der Waals surface area contributed by atoms with Crippen LogP contribution in [0, 0.1) is 5.82 Å². The van der Waals surface area contributed by atoms with Crippen molar-refractivity contribution in [3.05, 3.63) is 45.9 Å². The van der Waals surface area contributed by atoms with Gasteiger partial charge >= 0.3 is 0 Å². The van der Waals surface area contributed by atoms with Gasteiger partial charge in [-0.15, -0.1) is 5.10 Å². The van der Waals surface area contributed by atoms with Crippen LogP contribution >= 0.6 is 15.9 Å². The van der Waals surface area contributed by atoms with Crippen LogP contribution in [0.4, 0.5) is 4.39 Å². The van der Waals surface area contributed by atoms with E-state index in [1.165, 1.54) is 12.1 Å². The lowest BCUT2D eigenvalue weighted by Gasteiger charge is -2.17. The van der Waals surface area contributed by atoms with E-state index in [-0.39, 0.29) is 11.9 Å². The number of nitrogens with zero attached hydrogens (tertiary/aromatic N) is 3. The zero-order valence-electron chi connectivity index (χ0n) is 9.06. The second kappa shape index (κ2) is 4.91. The van der Waals surface area contributed by atoms with Gasteiger partial charge in [0, 0.05) is 11.5 Å². The average molecular weight is 300 g/mol. The summed E-state index contributed by atoms with van der Waals surface area (Å²) in [6.07, 6.45) is 1.59. The fourth-order valence-corrected chi connectivity index (χ4v) is 2.10. The van der Waals surface area contributed by atoms with E-state index in [2.05, 4.69) is 31.7 Å². The molecule has 0 amide bonds. The van der Waals surface area contributed by atoms with E-state index in [1.807, 2.05) is 0 Å². The minimum atomic E-state index is -0.375. The highest BCUT2D eigenvalue weighted by molar-refractivity contribution is 9.10. The van der Waals surface area contributed by atoms with E-state index < -0.39 is 0 Å².